The van der Waals surface area contributed by atoms with Gasteiger partial charge in [0.25, 0.3) is 0 Å². The second-order valence-corrected chi connectivity index (χ2v) is 13.7. The molecule has 0 radical (unpaired) electrons. The molecule has 2 aliphatic carbocycles. The van der Waals surface area contributed by atoms with E-state index in [9.17, 15) is 9.59 Å². The normalized spacial score (nSPS) is 24.5. The van der Waals surface area contributed by atoms with Gasteiger partial charge in [-0.2, -0.15) is 0 Å². The lowest BCUT2D eigenvalue weighted by Crippen LogP contribution is -2.52. The fraction of sp³-hybridized carbons (Fsp3) is 0.778. The van der Waals surface area contributed by atoms with Gasteiger partial charge >= 0.3 is 5.97 Å². The van der Waals surface area contributed by atoms with Crippen molar-refractivity contribution in [2.24, 2.45) is 11.3 Å². The Kier molecular flexibility index (Phi) is 12.6. The van der Waals surface area contributed by atoms with E-state index in [0.29, 0.717) is 25.4 Å². The average Bonchev–Trinajstić information content (AvgIpc) is 2.91. The highest BCUT2D eigenvalue weighted by molar-refractivity contribution is 5.99. The molecule has 1 fully saturated rings. The molecule has 2 aliphatic rings. The van der Waals surface area contributed by atoms with Gasteiger partial charge in [-0.1, -0.05) is 130 Å². The van der Waals surface area contributed by atoms with E-state index in [-0.39, 0.29) is 28.5 Å². The van der Waals surface area contributed by atoms with Gasteiger partial charge in [0.15, 0.2) is 5.78 Å². The van der Waals surface area contributed by atoms with Crippen molar-refractivity contribution in [2.75, 3.05) is 6.61 Å². The number of Topliss-reactive ketones (excluding diaryl/α,β-unsaturated/α-hetero) is 1. The first-order valence-corrected chi connectivity index (χ1v) is 16.5. The van der Waals surface area contributed by atoms with Gasteiger partial charge in [-0.3, -0.25) is 9.59 Å². The molecule has 1 aromatic carbocycles. The maximum atomic E-state index is 13.3. The van der Waals surface area contributed by atoms with E-state index < -0.39 is 0 Å². The molecule has 0 heterocycles. The molecule has 0 spiro atoms. The fourth-order valence-electron chi connectivity index (χ4n) is 7.49. The lowest BCUT2D eigenvalue weighted by Gasteiger charge is -2.54. The van der Waals surface area contributed by atoms with Crippen LogP contribution in [0, 0.1) is 11.3 Å². The molecule has 3 rings (SSSR count). The van der Waals surface area contributed by atoms with Crippen molar-refractivity contribution in [2.45, 2.75) is 162 Å². The van der Waals surface area contributed by atoms with Gasteiger partial charge in [-0.25, -0.2) is 0 Å². The number of esters is 1. The number of ether oxygens (including phenoxy) is 1. The third-order valence-electron chi connectivity index (χ3n) is 10.1. The van der Waals surface area contributed by atoms with E-state index in [1.165, 1.54) is 81.8 Å². The van der Waals surface area contributed by atoms with Crippen molar-refractivity contribution in [3.05, 3.63) is 34.9 Å². The maximum Gasteiger partial charge on any atom is 0.305 e. The number of hydrogen-bond acceptors (Lipinski definition) is 3. The molecule has 3 unspecified atom stereocenters. The van der Waals surface area contributed by atoms with Crippen molar-refractivity contribution in [3.8, 4) is 0 Å². The van der Waals surface area contributed by atoms with Crippen LogP contribution in [0.25, 0.3) is 0 Å². The van der Waals surface area contributed by atoms with Gasteiger partial charge in [0, 0.05) is 23.8 Å². The standard InChI is InChI=1S/C36H58O3/c1-6-7-8-9-10-11-12-13-14-15-16-17-18-20-34(38)39-27-35(4)23-19-24-36(5)31-22-21-29(28(2)3)25-30(31)32(37)26-33(35)36/h21-22,25,28,33H,6-20,23-24,26-27H2,1-5H3. The molecule has 1 aromatic rings. The summed E-state index contributed by atoms with van der Waals surface area (Å²) < 4.78 is 5.91. The molecule has 3 atom stereocenters. The first-order valence-electron chi connectivity index (χ1n) is 16.5. The average molecular weight is 539 g/mol. The molecular weight excluding hydrogens is 480 g/mol. The number of hydrogen-bond donors (Lipinski definition) is 0. The summed E-state index contributed by atoms with van der Waals surface area (Å²) in [5, 5.41) is 0. The van der Waals surface area contributed by atoms with Crippen LogP contribution >= 0.6 is 0 Å². The Balaban J connectivity index is 1.38. The molecule has 3 heteroatoms. The van der Waals surface area contributed by atoms with Crippen LogP contribution in [-0.4, -0.2) is 18.4 Å². The SMILES string of the molecule is CCCCCCCCCCCCCCCC(=O)OCC1(C)CCCC2(C)c3ccc(C(C)C)cc3C(=O)CC12. The number of carbonyl (C=O) groups excluding carboxylic acids is 2. The van der Waals surface area contributed by atoms with E-state index in [0.717, 1.165) is 37.7 Å². The Bertz CT molecular complexity index is 918. The zero-order valence-corrected chi connectivity index (χ0v) is 26.0. The Labute approximate surface area is 240 Å². The van der Waals surface area contributed by atoms with Crippen molar-refractivity contribution in [1.29, 1.82) is 0 Å². The second kappa shape index (κ2) is 15.4. The van der Waals surface area contributed by atoms with Crippen LogP contribution in [0.2, 0.25) is 0 Å². The van der Waals surface area contributed by atoms with Crippen LogP contribution in [0.3, 0.4) is 0 Å². The number of fused-ring (bicyclic) bond motifs is 3. The molecule has 0 saturated heterocycles. The molecule has 0 N–H and O–H groups in total. The molecule has 1 saturated carbocycles. The Morgan fingerprint density at radius 2 is 1.49 bits per heavy atom. The molecule has 0 aliphatic heterocycles. The summed E-state index contributed by atoms with van der Waals surface area (Å²) in [4.78, 5) is 26.0. The first kappa shape index (κ1) is 31.9. The summed E-state index contributed by atoms with van der Waals surface area (Å²) in [5.74, 6) is 0.837. The van der Waals surface area contributed by atoms with Crippen LogP contribution < -0.4 is 0 Å². The minimum Gasteiger partial charge on any atom is -0.465 e. The Hall–Kier alpha value is -1.64. The smallest absolute Gasteiger partial charge is 0.305 e. The van der Waals surface area contributed by atoms with Crippen LogP contribution in [0.15, 0.2) is 18.2 Å². The summed E-state index contributed by atoms with van der Waals surface area (Å²) in [6, 6.07) is 6.58. The van der Waals surface area contributed by atoms with Crippen LogP contribution in [-0.2, 0) is 14.9 Å². The molecular formula is C36H58O3. The highest BCUT2D eigenvalue weighted by Gasteiger charge is 2.54. The lowest BCUT2D eigenvalue weighted by molar-refractivity contribution is -0.150. The molecule has 220 valence electrons. The van der Waals surface area contributed by atoms with E-state index in [1.54, 1.807) is 0 Å². The predicted octanol–water partition coefficient (Wildman–Crippen LogP) is 10.5. The van der Waals surface area contributed by atoms with E-state index >= 15 is 0 Å². The van der Waals surface area contributed by atoms with E-state index in [4.69, 9.17) is 4.74 Å². The fourth-order valence-corrected chi connectivity index (χ4v) is 7.49. The maximum absolute atomic E-state index is 13.3. The van der Waals surface area contributed by atoms with Crippen molar-refractivity contribution >= 4 is 11.8 Å². The monoisotopic (exact) mass is 538 g/mol. The number of ketones is 1. The van der Waals surface area contributed by atoms with E-state index in [1.807, 2.05) is 0 Å². The largest absolute Gasteiger partial charge is 0.465 e. The lowest BCUT2D eigenvalue weighted by atomic mass is 9.49. The van der Waals surface area contributed by atoms with Gasteiger partial charge in [0.1, 0.15) is 0 Å². The number of benzene rings is 1. The predicted molar refractivity (Wildman–Crippen MR) is 164 cm³/mol. The molecule has 39 heavy (non-hydrogen) atoms. The van der Waals surface area contributed by atoms with Gasteiger partial charge in [-0.05, 0) is 53.7 Å². The molecule has 0 aromatic heterocycles. The minimum absolute atomic E-state index is 0.0345. The van der Waals surface area contributed by atoms with Crippen LogP contribution in [0.4, 0.5) is 0 Å². The van der Waals surface area contributed by atoms with Gasteiger partial charge in [0.2, 0.25) is 0 Å². The number of rotatable bonds is 17. The second-order valence-electron chi connectivity index (χ2n) is 13.7. The first-order chi connectivity index (χ1) is 18.7. The Morgan fingerprint density at radius 1 is 0.897 bits per heavy atom. The summed E-state index contributed by atoms with van der Waals surface area (Å²) in [7, 11) is 0. The van der Waals surface area contributed by atoms with Crippen molar-refractivity contribution in [1.82, 2.24) is 0 Å². The Morgan fingerprint density at radius 3 is 2.08 bits per heavy atom. The quantitative estimate of drug-likeness (QED) is 0.146. The molecule has 0 amide bonds. The molecule has 3 nitrogen and oxygen atoms in total. The topological polar surface area (TPSA) is 43.4 Å². The van der Waals surface area contributed by atoms with Gasteiger partial charge in [-0.15, -0.1) is 0 Å². The number of carbonyl (C=O) groups is 2. The zero-order valence-electron chi connectivity index (χ0n) is 26.0. The van der Waals surface area contributed by atoms with Crippen molar-refractivity contribution in [3.63, 3.8) is 0 Å². The highest BCUT2D eigenvalue weighted by Crippen LogP contribution is 2.57. The third-order valence-corrected chi connectivity index (χ3v) is 10.1. The van der Waals surface area contributed by atoms with Gasteiger partial charge < -0.3 is 4.74 Å². The van der Waals surface area contributed by atoms with E-state index in [2.05, 4.69) is 52.8 Å². The van der Waals surface area contributed by atoms with Crippen molar-refractivity contribution < 1.29 is 14.3 Å². The van der Waals surface area contributed by atoms with Gasteiger partial charge in [0.05, 0.1) is 6.61 Å². The summed E-state index contributed by atoms with van der Waals surface area (Å²) in [5.41, 5.74) is 3.21. The highest BCUT2D eigenvalue weighted by atomic mass is 16.5. The number of unbranched alkanes of at least 4 members (excludes halogenated alkanes) is 12. The summed E-state index contributed by atoms with van der Waals surface area (Å²) in [6.07, 6.45) is 21.3. The zero-order chi connectivity index (χ0) is 28.3. The third kappa shape index (κ3) is 8.67. The summed E-state index contributed by atoms with van der Waals surface area (Å²) in [6.45, 7) is 11.7. The minimum atomic E-state index is -0.150. The summed E-state index contributed by atoms with van der Waals surface area (Å²) >= 11 is 0. The van der Waals surface area contributed by atoms with Crippen LogP contribution in [0.1, 0.15) is 178 Å². The van der Waals surface area contributed by atoms with Crippen LogP contribution in [0.5, 0.6) is 0 Å². The molecule has 0 bridgehead atoms.